The normalized spacial score (nSPS) is 10.0. The molecule has 102 valence electrons. The molecule has 0 atom stereocenters. The highest BCUT2D eigenvalue weighted by Crippen LogP contribution is 2.29. The zero-order valence-electron chi connectivity index (χ0n) is 10.6. The number of hydrogen-bond donors (Lipinski definition) is 1. The molecule has 6 heteroatoms. The Kier molecular flexibility index (Phi) is 4.33. The monoisotopic (exact) mass is 289 g/mol. The Balaban J connectivity index is 2.13. The first kappa shape index (κ1) is 14.0. The minimum atomic E-state index is -1.10. The number of ether oxygens (including phenoxy) is 1. The highest BCUT2D eigenvalue weighted by molar-refractivity contribution is 7.98. The minimum absolute atomic E-state index is 0.0924. The molecule has 1 aromatic carbocycles. The number of benzene rings is 1. The molecule has 0 spiro atoms. The smallest absolute Gasteiger partial charge is 0.371 e. The number of nitriles is 1. The molecular weight excluding hydrogens is 278 g/mol. The van der Waals surface area contributed by atoms with Crippen molar-refractivity contribution in [2.45, 2.75) is 10.8 Å². The third kappa shape index (κ3) is 3.13. The molecule has 0 aliphatic carbocycles. The van der Waals surface area contributed by atoms with Gasteiger partial charge in [-0.3, -0.25) is 0 Å². The van der Waals surface area contributed by atoms with Crippen LogP contribution >= 0.6 is 11.8 Å². The van der Waals surface area contributed by atoms with Gasteiger partial charge in [-0.25, -0.2) is 4.79 Å². The van der Waals surface area contributed by atoms with Gasteiger partial charge in [0.1, 0.15) is 5.75 Å². The van der Waals surface area contributed by atoms with Crippen LogP contribution in [-0.2, 0) is 5.75 Å². The Labute approximate surface area is 119 Å². The van der Waals surface area contributed by atoms with Crippen molar-refractivity contribution in [2.24, 2.45) is 0 Å². The van der Waals surface area contributed by atoms with E-state index in [4.69, 9.17) is 19.5 Å². The van der Waals surface area contributed by atoms with Gasteiger partial charge < -0.3 is 14.3 Å². The minimum Gasteiger partial charge on any atom is -0.496 e. The SMILES string of the molecule is COc1ccc(C#N)cc1CSc1ccc(C(=O)O)o1. The van der Waals surface area contributed by atoms with E-state index in [9.17, 15) is 4.79 Å². The van der Waals surface area contributed by atoms with Crippen LogP contribution in [-0.4, -0.2) is 18.2 Å². The zero-order chi connectivity index (χ0) is 14.5. The molecule has 0 saturated heterocycles. The Morgan fingerprint density at radius 1 is 1.45 bits per heavy atom. The molecule has 0 aliphatic heterocycles. The molecule has 0 saturated carbocycles. The Morgan fingerprint density at radius 2 is 2.25 bits per heavy atom. The predicted octanol–water partition coefficient (Wildman–Crippen LogP) is 3.15. The molecule has 0 amide bonds. The Morgan fingerprint density at radius 3 is 2.85 bits per heavy atom. The van der Waals surface area contributed by atoms with Gasteiger partial charge in [0.2, 0.25) is 5.76 Å². The van der Waals surface area contributed by atoms with E-state index in [1.54, 1.807) is 31.4 Å². The average molecular weight is 289 g/mol. The van der Waals surface area contributed by atoms with Gasteiger partial charge in [-0.15, -0.1) is 0 Å². The van der Waals surface area contributed by atoms with Gasteiger partial charge in [0.15, 0.2) is 5.09 Å². The van der Waals surface area contributed by atoms with Gasteiger partial charge in [-0.2, -0.15) is 5.26 Å². The number of carbonyl (C=O) groups is 1. The maximum atomic E-state index is 10.7. The lowest BCUT2D eigenvalue weighted by molar-refractivity contribution is 0.0656. The van der Waals surface area contributed by atoms with Gasteiger partial charge in [0.25, 0.3) is 0 Å². The number of rotatable bonds is 5. The van der Waals surface area contributed by atoms with Crippen LogP contribution < -0.4 is 4.74 Å². The van der Waals surface area contributed by atoms with Crippen molar-refractivity contribution in [1.29, 1.82) is 5.26 Å². The highest BCUT2D eigenvalue weighted by atomic mass is 32.2. The van der Waals surface area contributed by atoms with E-state index in [2.05, 4.69) is 6.07 Å². The molecule has 0 aliphatic rings. The van der Waals surface area contributed by atoms with Crippen LogP contribution in [0.1, 0.15) is 21.7 Å². The van der Waals surface area contributed by atoms with Crippen LogP contribution in [0, 0.1) is 11.3 Å². The molecule has 0 fully saturated rings. The lowest BCUT2D eigenvalue weighted by atomic mass is 10.1. The second kappa shape index (κ2) is 6.17. The van der Waals surface area contributed by atoms with E-state index in [1.807, 2.05) is 0 Å². The van der Waals surface area contributed by atoms with Crippen molar-refractivity contribution >= 4 is 17.7 Å². The third-order valence-corrected chi connectivity index (χ3v) is 3.53. The number of carboxylic acids is 1. The Bertz CT molecular complexity index is 672. The van der Waals surface area contributed by atoms with Gasteiger partial charge in [-0.1, -0.05) is 11.8 Å². The molecule has 1 N–H and O–H groups in total. The summed E-state index contributed by atoms with van der Waals surface area (Å²) < 4.78 is 10.4. The second-order valence-corrected chi connectivity index (χ2v) is 4.83. The van der Waals surface area contributed by atoms with Gasteiger partial charge in [-0.05, 0) is 30.3 Å². The maximum absolute atomic E-state index is 10.7. The zero-order valence-corrected chi connectivity index (χ0v) is 11.4. The van der Waals surface area contributed by atoms with E-state index in [-0.39, 0.29) is 5.76 Å². The van der Waals surface area contributed by atoms with Crippen LogP contribution in [0.4, 0.5) is 0 Å². The van der Waals surface area contributed by atoms with Crippen molar-refractivity contribution in [1.82, 2.24) is 0 Å². The number of carboxylic acid groups (broad SMARTS) is 1. The molecule has 1 aromatic heterocycles. The van der Waals surface area contributed by atoms with Crippen molar-refractivity contribution in [2.75, 3.05) is 7.11 Å². The topological polar surface area (TPSA) is 83.5 Å². The summed E-state index contributed by atoms with van der Waals surface area (Å²) in [5.74, 6) is 0.0123. The number of aromatic carboxylic acids is 1. The lowest BCUT2D eigenvalue weighted by Crippen LogP contribution is -1.92. The molecule has 5 nitrogen and oxygen atoms in total. The first-order valence-electron chi connectivity index (χ1n) is 5.67. The van der Waals surface area contributed by atoms with Gasteiger partial charge in [0.05, 0.1) is 18.7 Å². The van der Waals surface area contributed by atoms with Crippen LogP contribution in [0.2, 0.25) is 0 Å². The molecule has 0 unspecified atom stereocenters. The van der Waals surface area contributed by atoms with Crippen LogP contribution in [0.3, 0.4) is 0 Å². The molecule has 1 heterocycles. The summed E-state index contributed by atoms with van der Waals surface area (Å²) in [4.78, 5) is 10.7. The number of thioether (sulfide) groups is 1. The van der Waals surface area contributed by atoms with Crippen LogP contribution in [0.15, 0.2) is 39.8 Å². The summed E-state index contributed by atoms with van der Waals surface area (Å²) in [6.07, 6.45) is 0. The van der Waals surface area contributed by atoms with E-state index in [1.165, 1.54) is 17.8 Å². The summed E-state index contributed by atoms with van der Waals surface area (Å²) >= 11 is 1.34. The highest BCUT2D eigenvalue weighted by Gasteiger charge is 2.11. The standard InChI is InChI=1S/C14H11NO4S/c1-18-11-3-2-9(7-15)6-10(11)8-20-13-5-4-12(19-13)14(16)17/h2-6H,8H2,1H3,(H,16,17). The fourth-order valence-electron chi connectivity index (χ4n) is 1.62. The number of methoxy groups -OCH3 is 1. The van der Waals surface area contributed by atoms with E-state index in [0.29, 0.717) is 22.2 Å². The van der Waals surface area contributed by atoms with Crippen molar-refractivity contribution in [3.8, 4) is 11.8 Å². The van der Waals surface area contributed by atoms with Crippen LogP contribution in [0.25, 0.3) is 0 Å². The third-order valence-electron chi connectivity index (χ3n) is 2.57. The van der Waals surface area contributed by atoms with Crippen molar-refractivity contribution in [3.05, 3.63) is 47.2 Å². The van der Waals surface area contributed by atoms with Gasteiger partial charge in [0, 0.05) is 11.3 Å². The molecule has 2 rings (SSSR count). The van der Waals surface area contributed by atoms with Gasteiger partial charge >= 0.3 is 5.97 Å². The summed E-state index contributed by atoms with van der Waals surface area (Å²) in [5, 5.41) is 18.2. The maximum Gasteiger partial charge on any atom is 0.371 e. The van der Waals surface area contributed by atoms with Crippen LogP contribution in [0.5, 0.6) is 5.75 Å². The van der Waals surface area contributed by atoms with Crippen molar-refractivity contribution < 1.29 is 19.1 Å². The number of hydrogen-bond acceptors (Lipinski definition) is 5. The largest absolute Gasteiger partial charge is 0.496 e. The summed E-state index contributed by atoms with van der Waals surface area (Å²) in [6.45, 7) is 0. The van der Waals surface area contributed by atoms with Crippen molar-refractivity contribution in [3.63, 3.8) is 0 Å². The molecule has 20 heavy (non-hydrogen) atoms. The summed E-state index contributed by atoms with van der Waals surface area (Å²) in [7, 11) is 1.56. The second-order valence-electron chi connectivity index (χ2n) is 3.85. The average Bonchev–Trinajstić information content (AvgIpc) is 2.93. The lowest BCUT2D eigenvalue weighted by Gasteiger charge is -2.07. The fraction of sp³-hybridized carbons (Fsp3) is 0.143. The quantitative estimate of drug-likeness (QED) is 0.851. The first-order chi connectivity index (χ1) is 9.63. The molecule has 0 bridgehead atoms. The number of nitrogens with zero attached hydrogens (tertiary/aromatic N) is 1. The van der Waals surface area contributed by atoms with E-state index in [0.717, 1.165) is 5.56 Å². The summed E-state index contributed by atoms with van der Waals surface area (Å²) in [6, 6.07) is 10.2. The number of furan rings is 1. The van der Waals surface area contributed by atoms with E-state index < -0.39 is 5.97 Å². The first-order valence-corrected chi connectivity index (χ1v) is 6.65. The fourth-order valence-corrected chi connectivity index (χ4v) is 2.46. The molecular formula is C14H11NO4S. The van der Waals surface area contributed by atoms with E-state index >= 15 is 0 Å². The molecule has 0 radical (unpaired) electrons. The molecule has 2 aromatic rings. The predicted molar refractivity (Wildman–Crippen MR) is 72.9 cm³/mol. The summed E-state index contributed by atoms with van der Waals surface area (Å²) in [5.41, 5.74) is 1.40. The Hall–Kier alpha value is -2.39.